The van der Waals surface area contributed by atoms with Gasteiger partial charge in [-0.1, -0.05) is 17.7 Å². The van der Waals surface area contributed by atoms with E-state index in [1.54, 1.807) is 24.3 Å². The van der Waals surface area contributed by atoms with E-state index in [1.165, 1.54) is 6.33 Å². The Labute approximate surface area is 114 Å². The smallest absolute Gasteiger partial charge is 0.273 e. The molecule has 2 rings (SSSR count). The van der Waals surface area contributed by atoms with Crippen LogP contribution in [0.25, 0.3) is 0 Å². The molecule has 1 heterocycles. The highest BCUT2D eigenvalue weighted by Crippen LogP contribution is 2.28. The molecule has 0 saturated heterocycles. The summed E-state index contributed by atoms with van der Waals surface area (Å²) in [6.07, 6.45) is 3.55. The van der Waals surface area contributed by atoms with Crippen LogP contribution in [-0.4, -0.2) is 9.97 Å². The number of aromatic amines is 1. The van der Waals surface area contributed by atoms with Crippen LogP contribution < -0.4 is 16.0 Å². The summed E-state index contributed by atoms with van der Waals surface area (Å²) in [6, 6.07) is 5.18. The third-order valence-electron chi connectivity index (χ3n) is 2.42. The van der Waals surface area contributed by atoms with E-state index in [0.717, 1.165) is 5.56 Å². The Hall–Kier alpha value is -2.27. The van der Waals surface area contributed by atoms with E-state index in [9.17, 15) is 4.79 Å². The number of aromatic nitrogens is 2. The Morgan fingerprint density at radius 3 is 3.05 bits per heavy atom. The monoisotopic (exact) mass is 277 g/mol. The van der Waals surface area contributed by atoms with Crippen LogP contribution >= 0.6 is 11.6 Å². The number of anilines is 1. The molecule has 5 nitrogen and oxygen atoms in total. The lowest BCUT2D eigenvalue weighted by Crippen LogP contribution is -2.08. The van der Waals surface area contributed by atoms with Gasteiger partial charge in [0, 0.05) is 11.3 Å². The Balaban J connectivity index is 2.40. The van der Waals surface area contributed by atoms with E-state index in [2.05, 4.69) is 16.5 Å². The van der Waals surface area contributed by atoms with Crippen molar-refractivity contribution in [2.75, 3.05) is 5.73 Å². The molecule has 0 amide bonds. The second-order valence-corrected chi connectivity index (χ2v) is 4.19. The quantitative estimate of drug-likeness (QED) is 0.665. The molecular formula is C13H12ClN3O2. The number of nitrogens with one attached hydrogen (secondary N) is 1. The number of hydrogen-bond donors (Lipinski definition) is 2. The maximum Gasteiger partial charge on any atom is 0.273 e. The fraction of sp³-hybridized carbons (Fsp3) is 0.0769. The SMILES string of the molecule is C=CCc1cc(N)ccc1Oc1nc[nH]c(=O)c1Cl. The summed E-state index contributed by atoms with van der Waals surface area (Å²) in [4.78, 5) is 17.6. The molecule has 0 aliphatic rings. The van der Waals surface area contributed by atoms with Crippen LogP contribution in [0.2, 0.25) is 5.02 Å². The zero-order valence-corrected chi connectivity index (χ0v) is 10.8. The highest BCUT2D eigenvalue weighted by molar-refractivity contribution is 6.31. The van der Waals surface area contributed by atoms with Crippen molar-refractivity contribution >= 4 is 17.3 Å². The summed E-state index contributed by atoms with van der Waals surface area (Å²) in [7, 11) is 0. The molecule has 0 unspecified atom stereocenters. The van der Waals surface area contributed by atoms with Crippen molar-refractivity contribution in [3.8, 4) is 11.6 Å². The highest BCUT2D eigenvalue weighted by atomic mass is 35.5. The van der Waals surface area contributed by atoms with Crippen molar-refractivity contribution in [1.82, 2.24) is 9.97 Å². The van der Waals surface area contributed by atoms with Crippen LogP contribution in [-0.2, 0) is 6.42 Å². The fourth-order valence-electron chi connectivity index (χ4n) is 1.56. The summed E-state index contributed by atoms with van der Waals surface area (Å²) >= 11 is 5.83. The van der Waals surface area contributed by atoms with Crippen LogP contribution in [0, 0.1) is 0 Å². The Bertz CT molecular complexity index is 667. The topological polar surface area (TPSA) is 81.0 Å². The van der Waals surface area contributed by atoms with E-state index in [0.29, 0.717) is 17.9 Å². The first-order valence-electron chi connectivity index (χ1n) is 5.52. The van der Waals surface area contributed by atoms with Gasteiger partial charge in [0.05, 0.1) is 6.33 Å². The van der Waals surface area contributed by atoms with Gasteiger partial charge in [0.1, 0.15) is 5.75 Å². The van der Waals surface area contributed by atoms with Crippen molar-refractivity contribution in [1.29, 1.82) is 0 Å². The lowest BCUT2D eigenvalue weighted by molar-refractivity contribution is 0.456. The first-order valence-corrected chi connectivity index (χ1v) is 5.90. The minimum absolute atomic E-state index is 0.0560. The molecule has 98 valence electrons. The zero-order valence-electron chi connectivity index (χ0n) is 10.0. The van der Waals surface area contributed by atoms with Crippen molar-refractivity contribution < 1.29 is 4.74 Å². The Kier molecular flexibility index (Phi) is 3.87. The van der Waals surface area contributed by atoms with Gasteiger partial charge < -0.3 is 15.5 Å². The van der Waals surface area contributed by atoms with E-state index in [4.69, 9.17) is 22.1 Å². The number of allylic oxidation sites excluding steroid dienone is 1. The van der Waals surface area contributed by atoms with Gasteiger partial charge in [0.25, 0.3) is 5.56 Å². The molecule has 6 heteroatoms. The number of ether oxygens (including phenoxy) is 1. The van der Waals surface area contributed by atoms with Crippen LogP contribution in [0.1, 0.15) is 5.56 Å². The standard InChI is InChI=1S/C13H12ClN3O2/c1-2-3-8-6-9(15)4-5-10(8)19-13-11(14)12(18)16-7-17-13/h2,4-7H,1,3,15H2,(H,16,17,18). The molecular weight excluding hydrogens is 266 g/mol. The first kappa shape index (κ1) is 13.2. The minimum atomic E-state index is -0.451. The van der Waals surface area contributed by atoms with Gasteiger partial charge >= 0.3 is 0 Å². The number of nitrogens with two attached hydrogens (primary N) is 1. The second-order valence-electron chi connectivity index (χ2n) is 3.81. The van der Waals surface area contributed by atoms with E-state index in [-0.39, 0.29) is 10.9 Å². The fourth-order valence-corrected chi connectivity index (χ4v) is 1.70. The molecule has 0 atom stereocenters. The number of benzene rings is 1. The molecule has 1 aromatic heterocycles. The van der Waals surface area contributed by atoms with Gasteiger partial charge in [0.2, 0.25) is 5.88 Å². The number of hydrogen-bond acceptors (Lipinski definition) is 4. The predicted molar refractivity (Wildman–Crippen MR) is 74.7 cm³/mol. The summed E-state index contributed by atoms with van der Waals surface area (Å²) in [5.74, 6) is 0.592. The van der Waals surface area contributed by atoms with Crippen molar-refractivity contribution in [3.05, 3.63) is 58.1 Å². The van der Waals surface area contributed by atoms with Crippen molar-refractivity contribution in [2.45, 2.75) is 6.42 Å². The van der Waals surface area contributed by atoms with Gasteiger partial charge in [-0.15, -0.1) is 6.58 Å². The maximum atomic E-state index is 11.4. The third-order valence-corrected chi connectivity index (χ3v) is 2.75. The molecule has 0 aliphatic carbocycles. The molecule has 0 spiro atoms. The lowest BCUT2D eigenvalue weighted by atomic mass is 10.1. The Morgan fingerprint density at radius 2 is 2.32 bits per heavy atom. The van der Waals surface area contributed by atoms with Gasteiger partial charge in [0.15, 0.2) is 5.02 Å². The first-order chi connectivity index (χ1) is 9.11. The number of halogens is 1. The molecule has 1 aromatic carbocycles. The molecule has 0 radical (unpaired) electrons. The zero-order chi connectivity index (χ0) is 13.8. The molecule has 0 saturated carbocycles. The molecule has 0 bridgehead atoms. The number of H-pyrrole nitrogens is 1. The van der Waals surface area contributed by atoms with Gasteiger partial charge in [-0.2, -0.15) is 0 Å². The van der Waals surface area contributed by atoms with Gasteiger partial charge in [-0.05, 0) is 24.6 Å². The number of rotatable bonds is 4. The van der Waals surface area contributed by atoms with Gasteiger partial charge in [-0.25, -0.2) is 4.98 Å². The highest BCUT2D eigenvalue weighted by Gasteiger charge is 2.11. The van der Waals surface area contributed by atoms with E-state index < -0.39 is 5.56 Å². The lowest BCUT2D eigenvalue weighted by Gasteiger charge is -2.10. The summed E-state index contributed by atoms with van der Waals surface area (Å²) in [5.41, 5.74) is 6.73. The van der Waals surface area contributed by atoms with E-state index in [1.807, 2.05) is 0 Å². The number of nitrogen functional groups attached to an aromatic ring is 1. The molecule has 0 fully saturated rings. The summed E-state index contributed by atoms with van der Waals surface area (Å²) in [6.45, 7) is 3.67. The van der Waals surface area contributed by atoms with E-state index >= 15 is 0 Å². The van der Waals surface area contributed by atoms with Gasteiger partial charge in [-0.3, -0.25) is 4.79 Å². The molecule has 19 heavy (non-hydrogen) atoms. The third kappa shape index (κ3) is 2.95. The van der Waals surface area contributed by atoms with Crippen LogP contribution in [0.15, 0.2) is 42.0 Å². The van der Waals surface area contributed by atoms with Crippen LogP contribution in [0.4, 0.5) is 5.69 Å². The second kappa shape index (κ2) is 5.58. The average Bonchev–Trinajstić information content (AvgIpc) is 2.38. The largest absolute Gasteiger partial charge is 0.437 e. The molecule has 2 aromatic rings. The number of nitrogens with zero attached hydrogens (tertiary/aromatic N) is 1. The summed E-state index contributed by atoms with van der Waals surface area (Å²) < 4.78 is 5.56. The van der Waals surface area contributed by atoms with Crippen LogP contribution in [0.5, 0.6) is 11.6 Å². The minimum Gasteiger partial charge on any atom is -0.437 e. The Morgan fingerprint density at radius 1 is 1.53 bits per heavy atom. The van der Waals surface area contributed by atoms with Crippen molar-refractivity contribution in [3.63, 3.8) is 0 Å². The molecule has 3 N–H and O–H groups in total. The predicted octanol–water partition coefficient (Wildman–Crippen LogP) is 2.53. The average molecular weight is 278 g/mol. The van der Waals surface area contributed by atoms with Crippen LogP contribution in [0.3, 0.4) is 0 Å². The molecule has 0 aliphatic heterocycles. The van der Waals surface area contributed by atoms with Crippen molar-refractivity contribution in [2.24, 2.45) is 0 Å². The maximum absolute atomic E-state index is 11.4. The summed E-state index contributed by atoms with van der Waals surface area (Å²) in [5, 5.41) is -0.0936. The normalized spacial score (nSPS) is 10.2.